The summed E-state index contributed by atoms with van der Waals surface area (Å²) in [5.74, 6) is -3.37. The van der Waals surface area contributed by atoms with Gasteiger partial charge in [-0.05, 0) is 30.3 Å². The molecule has 1 N–H and O–H groups in total. The Morgan fingerprint density at radius 1 is 1.19 bits per heavy atom. The largest absolute Gasteiger partial charge is 0.478 e. The molecule has 0 spiro atoms. The molecule has 0 fully saturated rings. The summed E-state index contributed by atoms with van der Waals surface area (Å²) in [6, 6.07) is 6.83. The first kappa shape index (κ1) is 14.9. The van der Waals surface area contributed by atoms with Gasteiger partial charge in [-0.25, -0.2) is 9.18 Å². The Bertz CT molecular complexity index is 736. The molecule has 0 aliphatic rings. The van der Waals surface area contributed by atoms with E-state index in [2.05, 4.69) is 0 Å². The highest BCUT2D eigenvalue weighted by Gasteiger charge is 2.21. The molecular weight excluding hydrogens is 304 g/mol. The van der Waals surface area contributed by atoms with Crippen LogP contribution < -0.4 is 0 Å². The van der Waals surface area contributed by atoms with Crippen LogP contribution >= 0.6 is 11.8 Å². The fourth-order valence-corrected chi connectivity index (χ4v) is 2.60. The van der Waals surface area contributed by atoms with Crippen molar-refractivity contribution in [3.05, 3.63) is 63.7 Å². The van der Waals surface area contributed by atoms with Crippen molar-refractivity contribution in [2.75, 3.05) is 0 Å². The van der Waals surface area contributed by atoms with Crippen molar-refractivity contribution in [3.63, 3.8) is 0 Å². The molecule has 0 amide bonds. The minimum atomic E-state index is -1.45. The Hall–Kier alpha value is -2.48. The third-order valence-electron chi connectivity index (χ3n) is 2.53. The first-order chi connectivity index (χ1) is 9.90. The van der Waals surface area contributed by atoms with E-state index >= 15 is 0 Å². The van der Waals surface area contributed by atoms with Crippen LogP contribution in [-0.2, 0) is 0 Å². The minimum Gasteiger partial charge on any atom is -0.478 e. The third-order valence-corrected chi connectivity index (χ3v) is 3.57. The summed E-state index contributed by atoms with van der Waals surface area (Å²) in [6.07, 6.45) is 0. The van der Waals surface area contributed by atoms with Gasteiger partial charge in [0, 0.05) is 4.90 Å². The Labute approximate surface area is 121 Å². The van der Waals surface area contributed by atoms with Crippen molar-refractivity contribution in [3.8, 4) is 0 Å². The topological polar surface area (TPSA) is 80.4 Å². The van der Waals surface area contributed by atoms with Gasteiger partial charge in [0.1, 0.15) is 5.82 Å². The number of nitro groups is 1. The average molecular weight is 311 g/mol. The molecule has 0 saturated heterocycles. The predicted octanol–water partition coefficient (Wildman–Crippen LogP) is 3.72. The van der Waals surface area contributed by atoms with E-state index in [1.54, 1.807) is 0 Å². The Balaban J connectivity index is 2.44. The molecule has 0 atom stereocenters. The average Bonchev–Trinajstić information content (AvgIpc) is 2.40. The van der Waals surface area contributed by atoms with Crippen LogP contribution in [0.3, 0.4) is 0 Å². The molecule has 108 valence electrons. The van der Waals surface area contributed by atoms with Gasteiger partial charge in [-0.15, -0.1) is 0 Å². The quantitative estimate of drug-likeness (QED) is 0.687. The zero-order valence-electron chi connectivity index (χ0n) is 10.2. The van der Waals surface area contributed by atoms with E-state index in [0.717, 1.165) is 30.0 Å². The van der Waals surface area contributed by atoms with Crippen molar-refractivity contribution in [1.82, 2.24) is 0 Å². The van der Waals surface area contributed by atoms with E-state index in [4.69, 9.17) is 5.11 Å². The fraction of sp³-hybridized carbons (Fsp3) is 0. The van der Waals surface area contributed by atoms with E-state index in [-0.39, 0.29) is 9.79 Å². The molecule has 8 heteroatoms. The molecule has 0 radical (unpaired) electrons. The van der Waals surface area contributed by atoms with Crippen molar-refractivity contribution in [2.24, 2.45) is 0 Å². The van der Waals surface area contributed by atoms with Crippen LogP contribution in [0.2, 0.25) is 0 Å². The molecule has 2 aromatic rings. The lowest BCUT2D eigenvalue weighted by Gasteiger charge is -2.05. The maximum Gasteiger partial charge on any atom is 0.338 e. The fourth-order valence-electron chi connectivity index (χ4n) is 1.61. The van der Waals surface area contributed by atoms with Gasteiger partial charge in [-0.1, -0.05) is 17.8 Å². The van der Waals surface area contributed by atoms with Crippen molar-refractivity contribution in [1.29, 1.82) is 0 Å². The molecule has 21 heavy (non-hydrogen) atoms. The maximum atomic E-state index is 13.5. The smallest absolute Gasteiger partial charge is 0.338 e. The van der Waals surface area contributed by atoms with Crippen LogP contribution in [-0.4, -0.2) is 16.0 Å². The molecular formula is C13H7F2NO4S. The van der Waals surface area contributed by atoms with Gasteiger partial charge >= 0.3 is 11.7 Å². The molecule has 0 aliphatic heterocycles. The van der Waals surface area contributed by atoms with Gasteiger partial charge in [0.05, 0.1) is 15.4 Å². The number of carboxylic acids is 1. The number of aromatic carboxylic acids is 1. The Morgan fingerprint density at radius 2 is 1.90 bits per heavy atom. The Morgan fingerprint density at radius 3 is 2.52 bits per heavy atom. The normalized spacial score (nSPS) is 10.4. The van der Waals surface area contributed by atoms with Gasteiger partial charge < -0.3 is 5.11 Å². The number of nitrogens with zero attached hydrogens (tertiary/aromatic N) is 1. The highest BCUT2D eigenvalue weighted by atomic mass is 32.2. The number of carboxylic acid groups (broad SMARTS) is 1. The molecule has 0 aliphatic carbocycles. The van der Waals surface area contributed by atoms with E-state index in [0.29, 0.717) is 0 Å². The van der Waals surface area contributed by atoms with Crippen LogP contribution in [0, 0.1) is 21.7 Å². The summed E-state index contributed by atoms with van der Waals surface area (Å²) >= 11 is 0.785. The second-order valence-corrected chi connectivity index (χ2v) is 5.01. The zero-order valence-corrected chi connectivity index (χ0v) is 11.1. The number of hydrogen-bond donors (Lipinski definition) is 1. The standard InChI is InChI=1S/C13H7F2NO4S/c14-9-5-4-7(6-8(9)13(17)18)21-11-3-1-2-10(15)12(11)16(19)20/h1-6H,(H,17,18). The van der Waals surface area contributed by atoms with Crippen LogP contribution in [0.15, 0.2) is 46.2 Å². The summed E-state index contributed by atoms with van der Waals surface area (Å²) < 4.78 is 26.7. The summed E-state index contributed by atoms with van der Waals surface area (Å²) in [6.45, 7) is 0. The van der Waals surface area contributed by atoms with Gasteiger partial charge in [0.15, 0.2) is 0 Å². The highest BCUT2D eigenvalue weighted by molar-refractivity contribution is 7.99. The van der Waals surface area contributed by atoms with E-state index in [1.165, 1.54) is 18.2 Å². The second-order valence-electron chi connectivity index (χ2n) is 3.89. The van der Waals surface area contributed by atoms with Crippen molar-refractivity contribution in [2.45, 2.75) is 9.79 Å². The number of hydrogen-bond acceptors (Lipinski definition) is 4. The van der Waals surface area contributed by atoms with Crippen LogP contribution in [0.4, 0.5) is 14.5 Å². The number of rotatable bonds is 4. The molecule has 0 heterocycles. The van der Waals surface area contributed by atoms with E-state index in [1.807, 2.05) is 0 Å². The van der Waals surface area contributed by atoms with Crippen molar-refractivity contribution < 1.29 is 23.6 Å². The number of para-hydroxylation sites is 1. The summed E-state index contributed by atoms with van der Waals surface area (Å²) in [7, 11) is 0. The summed E-state index contributed by atoms with van der Waals surface area (Å²) in [5.41, 5.74) is -1.26. The van der Waals surface area contributed by atoms with Gasteiger partial charge in [-0.3, -0.25) is 10.1 Å². The summed E-state index contributed by atoms with van der Waals surface area (Å²) in [5, 5.41) is 19.7. The van der Waals surface area contributed by atoms with Gasteiger partial charge in [0.25, 0.3) is 0 Å². The molecule has 0 saturated carbocycles. The Kier molecular flexibility index (Phi) is 4.18. The second kappa shape index (κ2) is 5.88. The molecule has 0 aromatic heterocycles. The monoisotopic (exact) mass is 311 g/mol. The molecule has 0 bridgehead atoms. The van der Waals surface area contributed by atoms with Crippen molar-refractivity contribution >= 4 is 23.4 Å². The van der Waals surface area contributed by atoms with E-state index < -0.39 is 33.8 Å². The van der Waals surface area contributed by atoms with E-state index in [9.17, 15) is 23.7 Å². The SMILES string of the molecule is O=C(O)c1cc(Sc2cccc(F)c2[N+](=O)[O-])ccc1F. The third kappa shape index (κ3) is 3.16. The zero-order chi connectivity index (χ0) is 15.6. The lowest BCUT2D eigenvalue weighted by molar-refractivity contribution is -0.390. The number of carbonyl (C=O) groups is 1. The lowest BCUT2D eigenvalue weighted by atomic mass is 10.2. The minimum absolute atomic E-state index is 0.00273. The summed E-state index contributed by atoms with van der Waals surface area (Å²) in [4.78, 5) is 21.1. The van der Waals surface area contributed by atoms with Crippen LogP contribution in [0.25, 0.3) is 0 Å². The number of nitro benzene ring substituents is 1. The highest BCUT2D eigenvalue weighted by Crippen LogP contribution is 2.36. The molecule has 5 nitrogen and oxygen atoms in total. The molecule has 2 aromatic carbocycles. The van der Waals surface area contributed by atoms with Gasteiger partial charge in [0.2, 0.25) is 5.82 Å². The molecule has 2 rings (SSSR count). The number of benzene rings is 2. The lowest BCUT2D eigenvalue weighted by Crippen LogP contribution is -2.00. The van der Waals surface area contributed by atoms with Crippen LogP contribution in [0.5, 0.6) is 0 Å². The van der Waals surface area contributed by atoms with Gasteiger partial charge in [-0.2, -0.15) is 4.39 Å². The van der Waals surface area contributed by atoms with Crippen LogP contribution in [0.1, 0.15) is 10.4 Å². The molecule has 0 unspecified atom stereocenters. The first-order valence-corrected chi connectivity index (χ1v) is 6.35. The predicted molar refractivity (Wildman–Crippen MR) is 70.5 cm³/mol. The number of halogens is 2. The first-order valence-electron chi connectivity index (χ1n) is 5.53. The maximum absolute atomic E-state index is 13.5.